The molecule has 1 N–H and O–H groups in total. The standard InChI is InChI=1S/C21H32F3N5O2.HI/c1-5-25-20(29-11-9-28(10-12-29)16(2)21(22,23)24)26-14-17-7-6-8-18(13-17)31-15-19(30)27(3)4;/h6-8,13,16H,5,9-12,14-15H2,1-4H3,(H,25,26);1H. The minimum atomic E-state index is -4.22. The fraction of sp³-hybridized carbons (Fsp3) is 0.619. The van der Waals surface area contributed by atoms with Crippen LogP contribution in [-0.4, -0.2) is 92.2 Å². The van der Waals surface area contributed by atoms with Crippen LogP contribution in [0.5, 0.6) is 5.75 Å². The van der Waals surface area contributed by atoms with Crippen molar-refractivity contribution in [2.45, 2.75) is 32.6 Å². The molecule has 0 aromatic heterocycles. The van der Waals surface area contributed by atoms with Crippen LogP contribution < -0.4 is 10.1 Å². The van der Waals surface area contributed by atoms with Gasteiger partial charge in [0.2, 0.25) is 0 Å². The molecular weight excluding hydrogens is 538 g/mol. The minimum Gasteiger partial charge on any atom is -0.484 e. The molecule has 1 aliphatic heterocycles. The number of likely N-dealkylation sites (N-methyl/N-ethyl adjacent to an activating group) is 1. The number of carbonyl (C=O) groups excluding carboxylic acids is 1. The van der Waals surface area contributed by atoms with Crippen LogP contribution in [0.1, 0.15) is 19.4 Å². The quantitative estimate of drug-likeness (QED) is 0.310. The minimum absolute atomic E-state index is 0. The second-order valence-corrected chi connectivity index (χ2v) is 7.64. The number of hydrogen-bond donors (Lipinski definition) is 1. The third-order valence-electron chi connectivity index (χ3n) is 5.14. The first-order valence-corrected chi connectivity index (χ1v) is 10.4. The van der Waals surface area contributed by atoms with E-state index in [1.807, 2.05) is 30.0 Å². The Morgan fingerprint density at radius 3 is 2.47 bits per heavy atom. The Bertz CT molecular complexity index is 753. The lowest BCUT2D eigenvalue weighted by Gasteiger charge is -2.39. The van der Waals surface area contributed by atoms with Crippen LogP contribution in [0.3, 0.4) is 0 Å². The number of carbonyl (C=O) groups is 1. The molecule has 1 unspecified atom stereocenters. The molecule has 0 aliphatic carbocycles. The normalized spacial score (nSPS) is 16.2. The van der Waals surface area contributed by atoms with E-state index in [2.05, 4.69) is 10.3 Å². The van der Waals surface area contributed by atoms with E-state index in [9.17, 15) is 18.0 Å². The number of ether oxygens (including phenoxy) is 1. The number of alkyl halides is 3. The molecule has 0 bridgehead atoms. The van der Waals surface area contributed by atoms with Crippen LogP contribution in [0.2, 0.25) is 0 Å². The molecule has 11 heteroatoms. The third-order valence-corrected chi connectivity index (χ3v) is 5.14. The Kier molecular flexibility index (Phi) is 11.5. The largest absolute Gasteiger partial charge is 0.484 e. The Morgan fingerprint density at radius 2 is 1.91 bits per heavy atom. The van der Waals surface area contributed by atoms with Crippen molar-refractivity contribution in [2.24, 2.45) is 4.99 Å². The van der Waals surface area contributed by atoms with Crippen LogP contribution in [0.15, 0.2) is 29.3 Å². The second kappa shape index (κ2) is 13.1. The predicted octanol–water partition coefficient (Wildman–Crippen LogP) is 2.81. The number of rotatable bonds is 7. The van der Waals surface area contributed by atoms with Gasteiger partial charge in [-0.15, -0.1) is 24.0 Å². The number of hydrogen-bond acceptors (Lipinski definition) is 4. The van der Waals surface area contributed by atoms with Crippen LogP contribution in [0.25, 0.3) is 0 Å². The monoisotopic (exact) mass is 571 g/mol. The summed E-state index contributed by atoms with van der Waals surface area (Å²) in [6, 6.07) is 5.92. The fourth-order valence-electron chi connectivity index (χ4n) is 3.13. The Labute approximate surface area is 205 Å². The van der Waals surface area contributed by atoms with E-state index in [1.54, 1.807) is 20.2 Å². The Morgan fingerprint density at radius 1 is 1.25 bits per heavy atom. The zero-order chi connectivity index (χ0) is 23.0. The number of piperazine rings is 1. The van der Waals surface area contributed by atoms with Gasteiger partial charge in [-0.2, -0.15) is 13.2 Å². The molecule has 1 atom stereocenters. The van der Waals surface area contributed by atoms with E-state index < -0.39 is 12.2 Å². The first-order chi connectivity index (χ1) is 14.6. The zero-order valence-electron chi connectivity index (χ0n) is 19.0. The molecule has 2 rings (SSSR count). The van der Waals surface area contributed by atoms with Crippen molar-refractivity contribution in [3.63, 3.8) is 0 Å². The number of benzene rings is 1. The summed E-state index contributed by atoms with van der Waals surface area (Å²) in [6.45, 7) is 5.77. The van der Waals surface area contributed by atoms with E-state index in [-0.39, 0.29) is 36.5 Å². The molecule has 182 valence electrons. The maximum Gasteiger partial charge on any atom is 0.403 e. The number of amides is 1. The van der Waals surface area contributed by atoms with Crippen molar-refractivity contribution in [3.8, 4) is 5.75 Å². The van der Waals surface area contributed by atoms with Gasteiger partial charge in [-0.1, -0.05) is 12.1 Å². The average molecular weight is 571 g/mol. The molecule has 7 nitrogen and oxygen atoms in total. The first kappa shape index (κ1) is 28.3. The van der Waals surface area contributed by atoms with Crippen molar-refractivity contribution >= 4 is 35.8 Å². The SMILES string of the molecule is CCNC(=NCc1cccc(OCC(=O)N(C)C)c1)N1CCN(C(C)C(F)(F)F)CC1.I. The maximum atomic E-state index is 13.0. The van der Waals surface area contributed by atoms with Crippen LogP contribution in [-0.2, 0) is 11.3 Å². The smallest absolute Gasteiger partial charge is 0.403 e. The first-order valence-electron chi connectivity index (χ1n) is 10.4. The van der Waals surface area contributed by atoms with E-state index in [4.69, 9.17) is 4.74 Å². The lowest BCUT2D eigenvalue weighted by atomic mass is 10.2. The van der Waals surface area contributed by atoms with Gasteiger partial charge in [-0.05, 0) is 31.5 Å². The molecule has 1 aliphatic rings. The number of halogens is 4. The maximum absolute atomic E-state index is 13.0. The molecule has 1 aromatic carbocycles. The van der Waals surface area contributed by atoms with E-state index >= 15 is 0 Å². The summed E-state index contributed by atoms with van der Waals surface area (Å²) < 4.78 is 44.4. The summed E-state index contributed by atoms with van der Waals surface area (Å²) in [5, 5.41) is 3.22. The summed E-state index contributed by atoms with van der Waals surface area (Å²) in [7, 11) is 3.34. The second-order valence-electron chi connectivity index (χ2n) is 7.64. The lowest BCUT2D eigenvalue weighted by molar-refractivity contribution is -0.181. The van der Waals surface area contributed by atoms with E-state index in [0.29, 0.717) is 51.0 Å². The van der Waals surface area contributed by atoms with Crippen LogP contribution in [0.4, 0.5) is 13.2 Å². The fourth-order valence-corrected chi connectivity index (χ4v) is 3.13. The van der Waals surface area contributed by atoms with Crippen molar-refractivity contribution in [1.82, 2.24) is 20.0 Å². The Balaban J connectivity index is 0.00000512. The van der Waals surface area contributed by atoms with E-state index in [0.717, 1.165) is 5.56 Å². The number of guanidine groups is 1. The molecule has 1 fully saturated rings. The highest BCUT2D eigenvalue weighted by atomic mass is 127. The van der Waals surface area contributed by atoms with Crippen LogP contribution in [0, 0.1) is 0 Å². The molecule has 0 radical (unpaired) electrons. The summed E-state index contributed by atoms with van der Waals surface area (Å²) >= 11 is 0. The third kappa shape index (κ3) is 8.64. The van der Waals surface area contributed by atoms with Gasteiger partial charge in [-0.25, -0.2) is 4.99 Å². The molecule has 1 aromatic rings. The molecule has 1 amide bonds. The molecule has 0 saturated carbocycles. The number of aliphatic imine (C=N–C) groups is 1. The summed E-state index contributed by atoms with van der Waals surface area (Å²) in [5.41, 5.74) is 0.912. The van der Waals surface area contributed by atoms with Gasteiger partial charge < -0.3 is 19.9 Å². The highest BCUT2D eigenvalue weighted by Crippen LogP contribution is 2.25. The molecule has 1 saturated heterocycles. The van der Waals surface area contributed by atoms with Crippen molar-refractivity contribution < 1.29 is 22.7 Å². The Hall–Kier alpha value is -1.76. The molecule has 32 heavy (non-hydrogen) atoms. The van der Waals surface area contributed by atoms with Crippen molar-refractivity contribution in [1.29, 1.82) is 0 Å². The molecule has 0 spiro atoms. The number of nitrogens with zero attached hydrogens (tertiary/aromatic N) is 4. The molecular formula is C21H33F3IN5O2. The average Bonchev–Trinajstić information content (AvgIpc) is 2.74. The summed E-state index contributed by atoms with van der Waals surface area (Å²) in [6.07, 6.45) is -4.22. The highest BCUT2D eigenvalue weighted by Gasteiger charge is 2.41. The summed E-state index contributed by atoms with van der Waals surface area (Å²) in [5.74, 6) is 1.13. The van der Waals surface area contributed by atoms with E-state index in [1.165, 1.54) is 16.7 Å². The van der Waals surface area contributed by atoms with Gasteiger partial charge in [0.1, 0.15) is 11.8 Å². The molecule has 1 heterocycles. The van der Waals surface area contributed by atoms with Crippen LogP contribution >= 0.6 is 24.0 Å². The summed E-state index contributed by atoms with van der Waals surface area (Å²) in [4.78, 5) is 21.2. The van der Waals surface area contributed by atoms with Crippen molar-refractivity contribution in [2.75, 3.05) is 53.4 Å². The van der Waals surface area contributed by atoms with Gasteiger partial charge in [0.15, 0.2) is 12.6 Å². The van der Waals surface area contributed by atoms with Crippen molar-refractivity contribution in [3.05, 3.63) is 29.8 Å². The zero-order valence-corrected chi connectivity index (χ0v) is 21.3. The van der Waals surface area contributed by atoms with Gasteiger partial charge in [0, 0.05) is 46.8 Å². The topological polar surface area (TPSA) is 60.4 Å². The van der Waals surface area contributed by atoms with Gasteiger partial charge in [0.05, 0.1) is 6.54 Å². The predicted molar refractivity (Wildman–Crippen MR) is 130 cm³/mol. The van der Waals surface area contributed by atoms with Gasteiger partial charge >= 0.3 is 6.18 Å². The van der Waals surface area contributed by atoms with Gasteiger partial charge in [0.25, 0.3) is 5.91 Å². The highest BCUT2D eigenvalue weighted by molar-refractivity contribution is 14.0. The number of nitrogens with one attached hydrogen (secondary N) is 1. The lowest BCUT2D eigenvalue weighted by Crippen LogP contribution is -2.56. The van der Waals surface area contributed by atoms with Gasteiger partial charge in [-0.3, -0.25) is 9.69 Å².